The number of aromatic nitrogens is 2. The fraction of sp³-hybridized carbons (Fsp3) is 0.588. The number of hydrogen-bond acceptors (Lipinski definition) is 5. The third kappa shape index (κ3) is 4.77. The molecule has 1 atom stereocenters. The summed E-state index contributed by atoms with van der Waals surface area (Å²) >= 11 is 6.70. The Morgan fingerprint density at radius 1 is 1.44 bits per heavy atom. The Morgan fingerprint density at radius 3 is 3.12 bits per heavy atom. The number of ether oxygens (including phenoxy) is 1. The summed E-state index contributed by atoms with van der Waals surface area (Å²) in [6.45, 7) is 2.00. The number of amides is 1. The van der Waals surface area contributed by atoms with Crippen molar-refractivity contribution >= 4 is 39.7 Å². The van der Waals surface area contributed by atoms with Crippen molar-refractivity contribution in [2.45, 2.75) is 51.2 Å². The van der Waals surface area contributed by atoms with E-state index in [9.17, 15) is 9.59 Å². The highest BCUT2D eigenvalue weighted by Gasteiger charge is 2.15. The van der Waals surface area contributed by atoms with Crippen molar-refractivity contribution in [3.8, 4) is 0 Å². The molecule has 2 aromatic rings. The van der Waals surface area contributed by atoms with Crippen LogP contribution >= 0.6 is 23.6 Å². The predicted octanol–water partition coefficient (Wildman–Crippen LogP) is 2.98. The number of unbranched alkanes of at least 4 members (excludes halogenated alkanes) is 2. The van der Waals surface area contributed by atoms with E-state index in [0.717, 1.165) is 44.2 Å². The highest BCUT2D eigenvalue weighted by atomic mass is 32.1. The molecule has 0 aromatic carbocycles. The van der Waals surface area contributed by atoms with Gasteiger partial charge in [0.25, 0.3) is 5.56 Å². The minimum absolute atomic E-state index is 0.0249. The van der Waals surface area contributed by atoms with Crippen LogP contribution in [0.1, 0.15) is 38.5 Å². The number of fused-ring (bicyclic) bond motifs is 1. The van der Waals surface area contributed by atoms with Crippen LogP contribution in [0.3, 0.4) is 0 Å². The fourth-order valence-corrected chi connectivity index (χ4v) is 4.11. The molecule has 1 saturated heterocycles. The number of carbonyl (C=O) groups excluding carboxylic acids is 1. The molecule has 0 aliphatic carbocycles. The van der Waals surface area contributed by atoms with Crippen molar-refractivity contribution in [2.75, 3.05) is 13.2 Å². The minimum atomic E-state index is -0.0249. The topological polar surface area (TPSA) is 76.1 Å². The Kier molecular flexibility index (Phi) is 6.39. The van der Waals surface area contributed by atoms with Crippen molar-refractivity contribution in [3.63, 3.8) is 0 Å². The zero-order valence-corrected chi connectivity index (χ0v) is 15.7. The molecule has 0 spiro atoms. The number of aromatic amines is 1. The second-order valence-corrected chi connectivity index (χ2v) is 7.60. The van der Waals surface area contributed by atoms with Crippen molar-refractivity contribution in [1.29, 1.82) is 0 Å². The van der Waals surface area contributed by atoms with E-state index >= 15 is 0 Å². The molecule has 0 saturated carbocycles. The van der Waals surface area contributed by atoms with Crippen molar-refractivity contribution in [1.82, 2.24) is 14.9 Å². The first-order chi connectivity index (χ1) is 12.1. The van der Waals surface area contributed by atoms with Gasteiger partial charge in [0.15, 0.2) is 4.77 Å². The number of thiophene rings is 1. The summed E-state index contributed by atoms with van der Waals surface area (Å²) in [5.41, 5.74) is 0.780. The molecule has 25 heavy (non-hydrogen) atoms. The summed E-state index contributed by atoms with van der Waals surface area (Å²) in [5, 5.41) is 4.81. The van der Waals surface area contributed by atoms with E-state index in [1.54, 1.807) is 4.57 Å². The first kappa shape index (κ1) is 18.3. The van der Waals surface area contributed by atoms with Crippen LogP contribution in [0.15, 0.2) is 16.2 Å². The average molecular weight is 382 g/mol. The maximum absolute atomic E-state index is 12.4. The Labute approximate surface area is 155 Å². The van der Waals surface area contributed by atoms with Crippen LogP contribution in [-0.2, 0) is 16.1 Å². The van der Waals surface area contributed by atoms with Gasteiger partial charge in [-0.1, -0.05) is 6.42 Å². The van der Waals surface area contributed by atoms with Gasteiger partial charge in [-0.15, -0.1) is 11.3 Å². The van der Waals surface area contributed by atoms with Gasteiger partial charge in [-0.3, -0.25) is 14.2 Å². The third-order valence-corrected chi connectivity index (χ3v) is 5.65. The average Bonchev–Trinajstić information content (AvgIpc) is 3.26. The molecule has 1 aliphatic heterocycles. The molecule has 2 N–H and O–H groups in total. The van der Waals surface area contributed by atoms with Crippen LogP contribution in [0.2, 0.25) is 0 Å². The first-order valence-electron chi connectivity index (χ1n) is 8.74. The first-order valence-corrected chi connectivity index (χ1v) is 10.0. The number of H-pyrrole nitrogens is 1. The van der Waals surface area contributed by atoms with Crippen LogP contribution in [-0.4, -0.2) is 34.7 Å². The van der Waals surface area contributed by atoms with Gasteiger partial charge >= 0.3 is 0 Å². The molecular formula is C17H23N3O3S2. The lowest BCUT2D eigenvalue weighted by atomic mass is 10.2. The van der Waals surface area contributed by atoms with Gasteiger partial charge in [-0.2, -0.15) is 0 Å². The molecule has 3 rings (SSSR count). The second-order valence-electron chi connectivity index (χ2n) is 6.30. The van der Waals surface area contributed by atoms with Gasteiger partial charge in [0, 0.05) is 26.1 Å². The van der Waals surface area contributed by atoms with E-state index < -0.39 is 0 Å². The van der Waals surface area contributed by atoms with E-state index in [4.69, 9.17) is 17.0 Å². The third-order valence-electron chi connectivity index (χ3n) is 4.43. The minimum Gasteiger partial charge on any atom is -0.376 e. The van der Waals surface area contributed by atoms with Gasteiger partial charge in [0.1, 0.15) is 4.70 Å². The van der Waals surface area contributed by atoms with Gasteiger partial charge in [0.05, 0.1) is 11.6 Å². The molecule has 1 amide bonds. The van der Waals surface area contributed by atoms with Crippen molar-refractivity contribution in [3.05, 3.63) is 26.6 Å². The standard InChI is InChI=1S/C17H23N3O3S2/c21-14(18-11-12-5-4-9-23-12)6-2-1-3-8-20-16(22)15-13(7-10-25-15)19-17(20)24/h7,10,12H,1-6,8-9,11H2,(H,18,21)(H,19,24)/t12-/m1/s1. The van der Waals surface area contributed by atoms with E-state index in [0.29, 0.717) is 29.0 Å². The Morgan fingerprint density at radius 2 is 2.32 bits per heavy atom. The summed E-state index contributed by atoms with van der Waals surface area (Å²) in [5.74, 6) is 0.0740. The molecule has 8 heteroatoms. The van der Waals surface area contributed by atoms with Gasteiger partial charge < -0.3 is 15.0 Å². The highest BCUT2D eigenvalue weighted by Crippen LogP contribution is 2.14. The summed E-state index contributed by atoms with van der Waals surface area (Å²) < 4.78 is 8.27. The number of carbonyl (C=O) groups is 1. The number of nitrogens with one attached hydrogen (secondary N) is 2. The number of nitrogens with zero attached hydrogens (tertiary/aromatic N) is 1. The Balaban J connectivity index is 1.39. The molecule has 6 nitrogen and oxygen atoms in total. The summed E-state index contributed by atoms with van der Waals surface area (Å²) in [7, 11) is 0. The van der Waals surface area contributed by atoms with Crippen LogP contribution in [0.4, 0.5) is 0 Å². The van der Waals surface area contributed by atoms with E-state index in [1.165, 1.54) is 11.3 Å². The molecule has 0 radical (unpaired) electrons. The second kappa shape index (κ2) is 8.73. The summed E-state index contributed by atoms with van der Waals surface area (Å²) in [6.07, 6.45) is 5.33. The van der Waals surface area contributed by atoms with E-state index in [2.05, 4.69) is 10.3 Å². The van der Waals surface area contributed by atoms with Gasteiger partial charge in [-0.05, 0) is 49.3 Å². The van der Waals surface area contributed by atoms with Gasteiger partial charge in [0.2, 0.25) is 5.91 Å². The lowest BCUT2D eigenvalue weighted by molar-refractivity contribution is -0.121. The lowest BCUT2D eigenvalue weighted by Gasteiger charge is -2.10. The summed E-state index contributed by atoms with van der Waals surface area (Å²) in [6, 6.07) is 1.87. The Hall–Kier alpha value is -1.51. The Bertz CT molecular complexity index is 834. The lowest BCUT2D eigenvalue weighted by Crippen LogP contribution is -2.31. The molecular weight excluding hydrogens is 358 g/mol. The monoisotopic (exact) mass is 381 g/mol. The molecule has 1 fully saturated rings. The molecule has 3 heterocycles. The zero-order chi connectivity index (χ0) is 17.6. The molecule has 0 bridgehead atoms. The van der Waals surface area contributed by atoms with Crippen LogP contribution < -0.4 is 10.9 Å². The zero-order valence-electron chi connectivity index (χ0n) is 14.1. The SMILES string of the molecule is O=C(CCCCCn1c(=S)[nH]c2ccsc2c1=O)NC[C@H]1CCCO1. The van der Waals surface area contributed by atoms with E-state index in [-0.39, 0.29) is 17.6 Å². The van der Waals surface area contributed by atoms with E-state index in [1.807, 2.05) is 11.4 Å². The predicted molar refractivity (Wildman–Crippen MR) is 102 cm³/mol. The van der Waals surface area contributed by atoms with Crippen molar-refractivity contribution in [2.24, 2.45) is 0 Å². The quantitative estimate of drug-likeness (QED) is 0.544. The number of hydrogen-bond donors (Lipinski definition) is 2. The molecule has 2 aromatic heterocycles. The normalized spacial score (nSPS) is 17.2. The maximum atomic E-state index is 12.4. The van der Waals surface area contributed by atoms with Crippen LogP contribution in [0.25, 0.3) is 10.2 Å². The largest absolute Gasteiger partial charge is 0.376 e. The summed E-state index contributed by atoms with van der Waals surface area (Å²) in [4.78, 5) is 27.3. The smallest absolute Gasteiger partial charge is 0.272 e. The van der Waals surface area contributed by atoms with Gasteiger partial charge in [-0.25, -0.2) is 0 Å². The molecule has 0 unspecified atom stereocenters. The molecule has 1 aliphatic rings. The fourth-order valence-electron chi connectivity index (χ4n) is 3.03. The number of rotatable bonds is 8. The van der Waals surface area contributed by atoms with Crippen LogP contribution in [0, 0.1) is 4.77 Å². The highest BCUT2D eigenvalue weighted by molar-refractivity contribution is 7.71. The van der Waals surface area contributed by atoms with Crippen LogP contribution in [0.5, 0.6) is 0 Å². The van der Waals surface area contributed by atoms with Crippen molar-refractivity contribution < 1.29 is 9.53 Å². The molecule has 136 valence electrons. The maximum Gasteiger partial charge on any atom is 0.272 e.